The fourth-order valence-corrected chi connectivity index (χ4v) is 4.40. The minimum Gasteiger partial charge on any atom is -0.392 e. The van der Waals surface area contributed by atoms with Gasteiger partial charge in [-0.15, -0.1) is 0 Å². The van der Waals surface area contributed by atoms with E-state index in [-0.39, 0.29) is 6.10 Å². The first-order valence-corrected chi connectivity index (χ1v) is 8.55. The minimum atomic E-state index is -0.139. The smallest absolute Gasteiger partial charge is 0.0682 e. The third-order valence-corrected chi connectivity index (χ3v) is 5.44. The molecule has 2 N–H and O–H groups in total. The zero-order chi connectivity index (χ0) is 15.6. The molecule has 0 amide bonds. The van der Waals surface area contributed by atoms with E-state index >= 15 is 0 Å². The number of hydrogen-bond donors (Lipinski definition) is 2. The van der Waals surface area contributed by atoms with Crippen LogP contribution in [0.2, 0.25) is 0 Å². The van der Waals surface area contributed by atoms with Crippen LogP contribution in [-0.2, 0) is 0 Å². The van der Waals surface area contributed by atoms with Crippen LogP contribution in [-0.4, -0.2) is 73.9 Å². The molecule has 2 aliphatic rings. The van der Waals surface area contributed by atoms with Gasteiger partial charge in [-0.2, -0.15) is 0 Å². The van der Waals surface area contributed by atoms with Crippen LogP contribution >= 0.6 is 0 Å². The Morgan fingerprint density at radius 2 is 2.05 bits per heavy atom. The minimum absolute atomic E-state index is 0.139. The number of aliphatic hydroxyl groups is 1. The molecule has 124 valence electrons. The van der Waals surface area contributed by atoms with Crippen LogP contribution in [0.15, 0.2) is 0 Å². The van der Waals surface area contributed by atoms with Gasteiger partial charge in [0, 0.05) is 31.7 Å². The van der Waals surface area contributed by atoms with Gasteiger partial charge in [0.15, 0.2) is 0 Å². The van der Waals surface area contributed by atoms with Crippen molar-refractivity contribution in [3.63, 3.8) is 0 Å². The maximum Gasteiger partial charge on any atom is 0.0682 e. The average molecular weight is 297 g/mol. The van der Waals surface area contributed by atoms with E-state index in [9.17, 15) is 5.11 Å². The first kappa shape index (κ1) is 17.2. The Hall–Kier alpha value is -0.160. The second kappa shape index (κ2) is 6.95. The van der Waals surface area contributed by atoms with Crippen molar-refractivity contribution in [3.8, 4) is 0 Å². The molecular weight excluding hydrogens is 262 g/mol. The maximum absolute atomic E-state index is 10.1. The number of rotatable bonds is 5. The van der Waals surface area contributed by atoms with Gasteiger partial charge in [0.05, 0.1) is 6.10 Å². The molecule has 1 aliphatic heterocycles. The van der Waals surface area contributed by atoms with Gasteiger partial charge in [-0.3, -0.25) is 4.90 Å². The Bertz CT molecular complexity index is 332. The average Bonchev–Trinajstić information content (AvgIpc) is 2.68. The Kier molecular flexibility index (Phi) is 5.69. The van der Waals surface area contributed by atoms with E-state index in [1.807, 2.05) is 0 Å². The molecule has 0 aromatic heterocycles. The molecule has 0 bridgehead atoms. The highest BCUT2D eigenvalue weighted by Crippen LogP contribution is 2.39. The summed E-state index contributed by atoms with van der Waals surface area (Å²) >= 11 is 0. The first-order chi connectivity index (χ1) is 9.80. The van der Waals surface area contributed by atoms with Gasteiger partial charge in [-0.25, -0.2) is 0 Å². The van der Waals surface area contributed by atoms with Crippen LogP contribution in [0.1, 0.15) is 39.5 Å². The molecule has 0 aromatic rings. The van der Waals surface area contributed by atoms with Crippen LogP contribution in [0, 0.1) is 11.3 Å². The highest BCUT2D eigenvalue weighted by atomic mass is 16.3. The summed E-state index contributed by atoms with van der Waals surface area (Å²) in [4.78, 5) is 4.79. The lowest BCUT2D eigenvalue weighted by Gasteiger charge is -2.43. The van der Waals surface area contributed by atoms with E-state index in [1.165, 1.54) is 19.3 Å². The molecule has 1 saturated heterocycles. The van der Waals surface area contributed by atoms with E-state index < -0.39 is 0 Å². The molecule has 4 atom stereocenters. The highest BCUT2D eigenvalue weighted by Gasteiger charge is 2.38. The van der Waals surface area contributed by atoms with E-state index in [1.54, 1.807) is 0 Å². The Balaban J connectivity index is 1.99. The highest BCUT2D eigenvalue weighted by molar-refractivity contribution is 4.93. The lowest BCUT2D eigenvalue weighted by Crippen LogP contribution is -2.48. The quantitative estimate of drug-likeness (QED) is 0.804. The van der Waals surface area contributed by atoms with Gasteiger partial charge in [0.25, 0.3) is 0 Å². The van der Waals surface area contributed by atoms with Gasteiger partial charge in [0.1, 0.15) is 0 Å². The molecule has 4 unspecified atom stereocenters. The zero-order valence-electron chi connectivity index (χ0n) is 14.6. The molecule has 21 heavy (non-hydrogen) atoms. The summed E-state index contributed by atoms with van der Waals surface area (Å²) in [5.74, 6) is 0.703. The van der Waals surface area contributed by atoms with Gasteiger partial charge in [0.2, 0.25) is 0 Å². The van der Waals surface area contributed by atoms with Crippen molar-refractivity contribution in [1.82, 2.24) is 15.1 Å². The summed E-state index contributed by atoms with van der Waals surface area (Å²) in [5, 5.41) is 13.6. The number of hydrogen-bond acceptors (Lipinski definition) is 4. The third kappa shape index (κ3) is 4.65. The van der Waals surface area contributed by atoms with Crippen molar-refractivity contribution < 1.29 is 5.11 Å². The lowest BCUT2D eigenvalue weighted by atomic mass is 9.69. The van der Waals surface area contributed by atoms with Crippen molar-refractivity contribution in [2.24, 2.45) is 11.3 Å². The predicted octanol–water partition coefficient (Wildman–Crippen LogP) is 1.40. The fraction of sp³-hybridized carbons (Fsp3) is 1.00. The molecule has 1 saturated carbocycles. The molecule has 2 rings (SSSR count). The third-order valence-electron chi connectivity index (χ3n) is 5.44. The summed E-state index contributed by atoms with van der Waals surface area (Å²) in [6.45, 7) is 7.85. The van der Waals surface area contributed by atoms with Gasteiger partial charge < -0.3 is 15.3 Å². The number of nitrogens with one attached hydrogen (secondary N) is 1. The molecule has 0 aromatic carbocycles. The molecule has 1 heterocycles. The van der Waals surface area contributed by atoms with Crippen LogP contribution < -0.4 is 5.32 Å². The standard InChI is InChI=1S/C17H35N3O/c1-17(2)7-6-16(18-3)13(9-17)10-20-12-15(21)8-14(20)11-19(4)5/h13-16,18,21H,6-12H2,1-5H3. The van der Waals surface area contributed by atoms with Crippen LogP contribution in [0.4, 0.5) is 0 Å². The Morgan fingerprint density at radius 3 is 2.67 bits per heavy atom. The van der Waals surface area contributed by atoms with E-state index in [0.717, 1.165) is 26.1 Å². The van der Waals surface area contributed by atoms with E-state index in [2.05, 4.69) is 50.1 Å². The summed E-state index contributed by atoms with van der Waals surface area (Å²) < 4.78 is 0. The second-order valence-corrected chi connectivity index (χ2v) is 8.32. The van der Waals surface area contributed by atoms with Crippen LogP contribution in [0.25, 0.3) is 0 Å². The monoisotopic (exact) mass is 297 g/mol. The van der Waals surface area contributed by atoms with E-state index in [4.69, 9.17) is 0 Å². The predicted molar refractivity (Wildman–Crippen MR) is 88.5 cm³/mol. The van der Waals surface area contributed by atoms with Crippen molar-refractivity contribution in [2.45, 2.75) is 57.7 Å². The summed E-state index contributed by atoms with van der Waals surface area (Å²) in [6, 6.07) is 1.15. The molecular formula is C17H35N3O. The van der Waals surface area contributed by atoms with Crippen LogP contribution in [0.3, 0.4) is 0 Å². The largest absolute Gasteiger partial charge is 0.392 e. The van der Waals surface area contributed by atoms with Crippen molar-refractivity contribution in [2.75, 3.05) is 40.8 Å². The van der Waals surface area contributed by atoms with Crippen molar-refractivity contribution >= 4 is 0 Å². The molecule has 0 radical (unpaired) electrons. The van der Waals surface area contributed by atoms with Crippen molar-refractivity contribution in [3.05, 3.63) is 0 Å². The zero-order valence-corrected chi connectivity index (χ0v) is 14.6. The molecule has 0 spiro atoms. The number of nitrogens with zero attached hydrogens (tertiary/aromatic N) is 2. The lowest BCUT2D eigenvalue weighted by molar-refractivity contribution is 0.0881. The topological polar surface area (TPSA) is 38.7 Å². The number of likely N-dealkylation sites (tertiary alicyclic amines) is 1. The fourth-order valence-electron chi connectivity index (χ4n) is 4.40. The molecule has 4 heteroatoms. The molecule has 4 nitrogen and oxygen atoms in total. The number of aliphatic hydroxyl groups excluding tert-OH is 1. The molecule has 1 aliphatic carbocycles. The van der Waals surface area contributed by atoms with Gasteiger partial charge in [-0.1, -0.05) is 13.8 Å². The second-order valence-electron chi connectivity index (χ2n) is 8.32. The normalized spacial score (nSPS) is 37.3. The first-order valence-electron chi connectivity index (χ1n) is 8.55. The van der Waals surface area contributed by atoms with Crippen molar-refractivity contribution in [1.29, 1.82) is 0 Å². The summed E-state index contributed by atoms with van der Waals surface area (Å²) in [7, 11) is 6.36. The number of likely N-dealkylation sites (N-methyl/N-ethyl adjacent to an activating group) is 1. The summed E-state index contributed by atoms with van der Waals surface area (Å²) in [5.41, 5.74) is 0.466. The SMILES string of the molecule is CNC1CCC(C)(C)CC1CN1CC(O)CC1CN(C)C. The Morgan fingerprint density at radius 1 is 1.33 bits per heavy atom. The van der Waals surface area contributed by atoms with Gasteiger partial charge in [-0.05, 0) is 58.2 Å². The van der Waals surface area contributed by atoms with Crippen LogP contribution in [0.5, 0.6) is 0 Å². The molecule has 2 fully saturated rings. The number of β-amino-alcohol motifs (C(OH)–C–C–N with tert-alkyl or cyclic N) is 1. The Labute approximate surface area is 130 Å². The van der Waals surface area contributed by atoms with E-state index in [0.29, 0.717) is 23.4 Å². The summed E-state index contributed by atoms with van der Waals surface area (Å²) in [6.07, 6.45) is 4.68. The maximum atomic E-state index is 10.1. The van der Waals surface area contributed by atoms with Gasteiger partial charge >= 0.3 is 0 Å².